The molecule has 4 nitrogen and oxygen atoms in total. The first-order valence-corrected chi connectivity index (χ1v) is 8.79. The van der Waals surface area contributed by atoms with Crippen molar-refractivity contribution in [2.75, 3.05) is 10.6 Å². The number of carbonyl (C=O) groups is 1. The summed E-state index contributed by atoms with van der Waals surface area (Å²) in [6.45, 7) is 0. The fourth-order valence-electron chi connectivity index (χ4n) is 2.87. The van der Waals surface area contributed by atoms with Gasteiger partial charge in [0.15, 0.2) is 0 Å². The zero-order valence-electron chi connectivity index (χ0n) is 14.4. The van der Waals surface area contributed by atoms with Crippen molar-refractivity contribution in [1.29, 1.82) is 0 Å². The van der Waals surface area contributed by atoms with Crippen LogP contribution in [0.3, 0.4) is 0 Å². The highest BCUT2D eigenvalue weighted by Crippen LogP contribution is 2.30. The number of benzene rings is 3. The van der Waals surface area contributed by atoms with Gasteiger partial charge < -0.3 is 15.6 Å². The van der Waals surface area contributed by atoms with E-state index in [4.69, 9.17) is 11.6 Å². The Morgan fingerprint density at radius 2 is 1.64 bits per heavy atom. The average molecular weight is 398 g/mol. The highest BCUT2D eigenvalue weighted by atomic mass is 35.5. The second-order valence-electron chi connectivity index (χ2n) is 6.14. The maximum Gasteiger partial charge on any atom is 0.272 e. The smallest absolute Gasteiger partial charge is 0.272 e. The van der Waals surface area contributed by atoms with Gasteiger partial charge in [0.2, 0.25) is 0 Å². The molecule has 3 N–H and O–H groups in total. The molecule has 3 aromatic carbocycles. The Morgan fingerprint density at radius 3 is 2.39 bits per heavy atom. The van der Waals surface area contributed by atoms with Crippen LogP contribution in [0, 0.1) is 11.6 Å². The molecular weight excluding hydrogens is 384 g/mol. The predicted octanol–water partition coefficient (Wildman–Crippen LogP) is 6.10. The molecular formula is C21H14ClF2N3O. The number of para-hydroxylation sites is 1. The third-order valence-corrected chi connectivity index (χ3v) is 4.51. The standard InChI is InChI=1S/C21H14ClF2N3O/c22-15-10-13(6-7-16(15)23)25-18-9-8-17(24)20-14(18)11-19(27-20)21(28)26-12-4-2-1-3-5-12/h1-11,25,27H,(H,26,28). The number of H-pyrrole nitrogens is 1. The van der Waals surface area contributed by atoms with Crippen molar-refractivity contribution in [2.24, 2.45) is 0 Å². The van der Waals surface area contributed by atoms with E-state index < -0.39 is 17.5 Å². The van der Waals surface area contributed by atoms with Crippen molar-refractivity contribution in [3.8, 4) is 0 Å². The molecule has 1 aromatic heterocycles. The van der Waals surface area contributed by atoms with Gasteiger partial charge in [0.25, 0.3) is 5.91 Å². The van der Waals surface area contributed by atoms with Gasteiger partial charge in [-0.1, -0.05) is 29.8 Å². The largest absolute Gasteiger partial charge is 0.355 e. The van der Waals surface area contributed by atoms with Gasteiger partial charge in [-0.25, -0.2) is 8.78 Å². The summed E-state index contributed by atoms with van der Waals surface area (Å²) in [5.41, 5.74) is 2.12. The van der Waals surface area contributed by atoms with E-state index in [1.807, 2.05) is 6.07 Å². The Balaban J connectivity index is 1.68. The van der Waals surface area contributed by atoms with Crippen molar-refractivity contribution >= 4 is 45.5 Å². The molecule has 0 unspecified atom stereocenters. The number of nitrogens with one attached hydrogen (secondary N) is 3. The van der Waals surface area contributed by atoms with Crippen LogP contribution in [0.5, 0.6) is 0 Å². The molecule has 0 aliphatic carbocycles. The zero-order chi connectivity index (χ0) is 19.7. The van der Waals surface area contributed by atoms with E-state index in [1.54, 1.807) is 36.4 Å². The van der Waals surface area contributed by atoms with Crippen LogP contribution < -0.4 is 10.6 Å². The molecule has 28 heavy (non-hydrogen) atoms. The molecule has 1 heterocycles. The maximum atomic E-state index is 14.3. The number of rotatable bonds is 4. The highest BCUT2D eigenvalue weighted by molar-refractivity contribution is 6.31. The summed E-state index contributed by atoms with van der Waals surface area (Å²) in [7, 11) is 0. The average Bonchev–Trinajstić information content (AvgIpc) is 3.15. The fourth-order valence-corrected chi connectivity index (χ4v) is 3.05. The molecule has 140 valence electrons. The van der Waals surface area contributed by atoms with E-state index >= 15 is 0 Å². The Hall–Kier alpha value is -3.38. The fraction of sp³-hybridized carbons (Fsp3) is 0. The SMILES string of the molecule is O=C(Nc1ccccc1)c1cc2c(Nc3ccc(F)c(Cl)c3)ccc(F)c2[nH]1. The molecule has 4 rings (SSSR count). The van der Waals surface area contributed by atoms with Crippen molar-refractivity contribution in [1.82, 2.24) is 4.98 Å². The number of hydrogen-bond donors (Lipinski definition) is 3. The minimum Gasteiger partial charge on any atom is -0.355 e. The number of hydrogen-bond acceptors (Lipinski definition) is 2. The van der Waals surface area contributed by atoms with Crippen LogP contribution in [0.1, 0.15) is 10.5 Å². The third kappa shape index (κ3) is 3.54. The zero-order valence-corrected chi connectivity index (χ0v) is 15.1. The molecule has 0 saturated carbocycles. The summed E-state index contributed by atoms with van der Waals surface area (Å²) < 4.78 is 27.6. The topological polar surface area (TPSA) is 56.9 Å². The summed E-state index contributed by atoms with van der Waals surface area (Å²) >= 11 is 5.81. The van der Waals surface area contributed by atoms with Gasteiger partial charge in [-0.15, -0.1) is 0 Å². The number of aromatic amines is 1. The van der Waals surface area contributed by atoms with E-state index in [0.717, 1.165) is 0 Å². The van der Waals surface area contributed by atoms with Gasteiger partial charge in [-0.2, -0.15) is 0 Å². The van der Waals surface area contributed by atoms with Crippen LogP contribution in [-0.4, -0.2) is 10.9 Å². The Bertz CT molecular complexity index is 1180. The van der Waals surface area contributed by atoms with Gasteiger partial charge in [-0.3, -0.25) is 4.79 Å². The number of fused-ring (bicyclic) bond motifs is 1. The normalized spacial score (nSPS) is 10.8. The molecule has 0 fully saturated rings. The highest BCUT2D eigenvalue weighted by Gasteiger charge is 2.15. The van der Waals surface area contributed by atoms with Gasteiger partial charge in [0.1, 0.15) is 17.3 Å². The monoisotopic (exact) mass is 397 g/mol. The first kappa shape index (κ1) is 18.0. The second kappa shape index (κ2) is 7.32. The summed E-state index contributed by atoms with van der Waals surface area (Å²) in [6, 6.07) is 17.5. The van der Waals surface area contributed by atoms with Crippen molar-refractivity contribution in [3.05, 3.63) is 89.1 Å². The first-order valence-electron chi connectivity index (χ1n) is 8.41. The lowest BCUT2D eigenvalue weighted by Crippen LogP contribution is -2.11. The number of carbonyl (C=O) groups excluding carboxylic acids is 1. The lowest BCUT2D eigenvalue weighted by atomic mass is 10.2. The molecule has 0 atom stereocenters. The molecule has 0 aliphatic heterocycles. The van der Waals surface area contributed by atoms with Crippen molar-refractivity contribution < 1.29 is 13.6 Å². The predicted molar refractivity (Wildman–Crippen MR) is 107 cm³/mol. The van der Waals surface area contributed by atoms with E-state index in [-0.39, 0.29) is 16.2 Å². The van der Waals surface area contributed by atoms with E-state index in [0.29, 0.717) is 22.4 Å². The number of aromatic nitrogens is 1. The van der Waals surface area contributed by atoms with Crippen molar-refractivity contribution in [2.45, 2.75) is 0 Å². The molecule has 0 spiro atoms. The first-order chi connectivity index (χ1) is 13.5. The molecule has 4 aromatic rings. The van der Waals surface area contributed by atoms with Gasteiger partial charge in [-0.05, 0) is 48.5 Å². The second-order valence-corrected chi connectivity index (χ2v) is 6.55. The Labute approximate surface area is 164 Å². The summed E-state index contributed by atoms with van der Waals surface area (Å²) in [5.74, 6) is -1.41. The van der Waals surface area contributed by atoms with Gasteiger partial charge >= 0.3 is 0 Å². The van der Waals surface area contributed by atoms with Gasteiger partial charge in [0.05, 0.1) is 10.5 Å². The number of halogens is 3. The van der Waals surface area contributed by atoms with Crippen LogP contribution in [0.15, 0.2) is 66.7 Å². The Morgan fingerprint density at radius 1 is 0.893 bits per heavy atom. The maximum absolute atomic E-state index is 14.3. The van der Waals surface area contributed by atoms with Crippen LogP contribution in [0.4, 0.5) is 25.8 Å². The molecule has 7 heteroatoms. The van der Waals surface area contributed by atoms with Crippen LogP contribution in [0.25, 0.3) is 10.9 Å². The summed E-state index contributed by atoms with van der Waals surface area (Å²) in [6.07, 6.45) is 0. The number of amides is 1. The van der Waals surface area contributed by atoms with Crippen LogP contribution in [0.2, 0.25) is 5.02 Å². The molecule has 0 saturated heterocycles. The quantitative estimate of drug-likeness (QED) is 0.390. The van der Waals surface area contributed by atoms with E-state index in [1.165, 1.54) is 24.3 Å². The minimum atomic E-state index is -0.530. The van der Waals surface area contributed by atoms with Crippen molar-refractivity contribution in [3.63, 3.8) is 0 Å². The number of anilines is 3. The summed E-state index contributed by atoms with van der Waals surface area (Å²) in [4.78, 5) is 15.3. The summed E-state index contributed by atoms with van der Waals surface area (Å²) in [5, 5.41) is 6.28. The third-order valence-electron chi connectivity index (χ3n) is 4.22. The molecule has 0 radical (unpaired) electrons. The minimum absolute atomic E-state index is 0.0275. The van der Waals surface area contributed by atoms with E-state index in [9.17, 15) is 13.6 Å². The lowest BCUT2D eigenvalue weighted by molar-refractivity contribution is 0.102. The van der Waals surface area contributed by atoms with E-state index in [2.05, 4.69) is 15.6 Å². The Kier molecular flexibility index (Phi) is 4.71. The van der Waals surface area contributed by atoms with Gasteiger partial charge in [0, 0.05) is 22.4 Å². The molecule has 1 amide bonds. The van der Waals surface area contributed by atoms with Crippen LogP contribution >= 0.6 is 11.6 Å². The van der Waals surface area contributed by atoms with Crippen LogP contribution in [-0.2, 0) is 0 Å². The molecule has 0 bridgehead atoms. The lowest BCUT2D eigenvalue weighted by Gasteiger charge is -2.09. The molecule has 0 aliphatic rings.